The molecule has 2 saturated heterocycles. The lowest BCUT2D eigenvalue weighted by Crippen LogP contribution is -2.54. The van der Waals surface area contributed by atoms with E-state index in [-0.39, 0.29) is 17.9 Å². The number of ether oxygens (including phenoxy) is 1. The monoisotopic (exact) mass is 285 g/mol. The maximum Gasteiger partial charge on any atom is 0.229 e. The molecule has 2 atom stereocenters. The molecule has 0 aromatic heterocycles. The minimum absolute atomic E-state index is 0.0548. The van der Waals surface area contributed by atoms with Crippen LogP contribution in [0.1, 0.15) is 13.8 Å². The van der Waals surface area contributed by atoms with Gasteiger partial charge in [0, 0.05) is 38.8 Å². The fourth-order valence-corrected chi connectivity index (χ4v) is 2.99. The summed E-state index contributed by atoms with van der Waals surface area (Å²) in [5.74, 6) is 0.144. The zero-order valence-corrected chi connectivity index (χ0v) is 12.8. The number of rotatable bonds is 4. The Morgan fingerprint density at radius 2 is 1.95 bits per heavy atom. The minimum Gasteiger partial charge on any atom is -0.389 e. The Hall–Kier alpha value is -0.690. The lowest BCUT2D eigenvalue weighted by atomic mass is 10.0. The van der Waals surface area contributed by atoms with Gasteiger partial charge in [-0.25, -0.2) is 0 Å². The second-order valence-electron chi connectivity index (χ2n) is 6.45. The molecular weight excluding hydrogens is 258 g/mol. The van der Waals surface area contributed by atoms with E-state index in [1.165, 1.54) is 0 Å². The van der Waals surface area contributed by atoms with Crippen molar-refractivity contribution in [1.29, 1.82) is 0 Å². The summed E-state index contributed by atoms with van der Waals surface area (Å²) >= 11 is 0. The van der Waals surface area contributed by atoms with Gasteiger partial charge in [-0.1, -0.05) is 0 Å². The molecule has 0 aromatic rings. The van der Waals surface area contributed by atoms with Gasteiger partial charge in [0.2, 0.25) is 5.91 Å². The van der Waals surface area contributed by atoms with E-state index in [0.717, 1.165) is 26.2 Å². The number of piperazine rings is 1. The number of nitrogens with one attached hydrogen (secondary N) is 1. The number of carbonyl (C=O) groups excluding carboxylic acids is 1. The van der Waals surface area contributed by atoms with E-state index in [0.29, 0.717) is 19.8 Å². The van der Waals surface area contributed by atoms with Gasteiger partial charge in [0.05, 0.1) is 24.7 Å². The second kappa shape index (κ2) is 6.39. The van der Waals surface area contributed by atoms with Crippen LogP contribution in [0.5, 0.6) is 0 Å². The lowest BCUT2D eigenvalue weighted by Gasteiger charge is -2.38. The van der Waals surface area contributed by atoms with Crippen molar-refractivity contribution in [2.24, 2.45) is 5.92 Å². The number of hydrogen-bond donors (Lipinski definition) is 2. The van der Waals surface area contributed by atoms with Crippen molar-refractivity contribution in [1.82, 2.24) is 15.1 Å². The van der Waals surface area contributed by atoms with Crippen LogP contribution in [0.25, 0.3) is 0 Å². The summed E-state index contributed by atoms with van der Waals surface area (Å²) in [5, 5.41) is 13.0. The molecule has 2 N–H and O–H groups in total. The summed E-state index contributed by atoms with van der Waals surface area (Å²) in [5.41, 5.74) is -0.678. The molecule has 2 heterocycles. The summed E-state index contributed by atoms with van der Waals surface area (Å²) in [6.07, 6.45) is 0. The van der Waals surface area contributed by atoms with Gasteiger partial charge in [-0.05, 0) is 20.9 Å². The number of nitrogens with zero attached hydrogens (tertiary/aromatic N) is 2. The first-order chi connectivity index (χ1) is 9.40. The maximum absolute atomic E-state index is 12.5. The fraction of sp³-hybridized carbons (Fsp3) is 0.929. The van der Waals surface area contributed by atoms with Crippen molar-refractivity contribution in [3.63, 3.8) is 0 Å². The van der Waals surface area contributed by atoms with Crippen LogP contribution in [-0.4, -0.2) is 85.4 Å². The van der Waals surface area contributed by atoms with E-state index < -0.39 is 5.60 Å². The molecule has 0 saturated carbocycles. The molecule has 1 amide bonds. The van der Waals surface area contributed by atoms with Gasteiger partial charge in [-0.15, -0.1) is 0 Å². The first kappa shape index (κ1) is 15.7. The molecule has 0 aliphatic carbocycles. The highest BCUT2D eigenvalue weighted by molar-refractivity contribution is 5.80. The van der Waals surface area contributed by atoms with Gasteiger partial charge in [0.15, 0.2) is 0 Å². The molecule has 0 bridgehead atoms. The van der Waals surface area contributed by atoms with Crippen LogP contribution in [0.15, 0.2) is 0 Å². The van der Waals surface area contributed by atoms with Crippen LogP contribution >= 0.6 is 0 Å². The van der Waals surface area contributed by atoms with Crippen LogP contribution in [0.4, 0.5) is 0 Å². The third-order valence-electron chi connectivity index (χ3n) is 4.06. The summed E-state index contributed by atoms with van der Waals surface area (Å²) < 4.78 is 5.41. The Morgan fingerprint density at radius 3 is 2.50 bits per heavy atom. The Kier molecular flexibility index (Phi) is 5.01. The number of hydrogen-bond acceptors (Lipinski definition) is 5. The normalized spacial score (nSPS) is 28.9. The Bertz CT molecular complexity index is 335. The predicted molar refractivity (Wildman–Crippen MR) is 76.5 cm³/mol. The smallest absolute Gasteiger partial charge is 0.229 e. The van der Waals surface area contributed by atoms with Crippen molar-refractivity contribution in [3.8, 4) is 0 Å². The van der Waals surface area contributed by atoms with Gasteiger partial charge in [0.1, 0.15) is 0 Å². The molecule has 6 nitrogen and oxygen atoms in total. The lowest BCUT2D eigenvalue weighted by molar-refractivity contribution is -0.138. The average molecular weight is 285 g/mol. The van der Waals surface area contributed by atoms with E-state index in [2.05, 4.69) is 10.2 Å². The van der Waals surface area contributed by atoms with Crippen LogP contribution in [-0.2, 0) is 9.53 Å². The summed E-state index contributed by atoms with van der Waals surface area (Å²) in [4.78, 5) is 16.6. The van der Waals surface area contributed by atoms with Gasteiger partial charge in [-0.3, -0.25) is 9.69 Å². The molecule has 6 heteroatoms. The highest BCUT2D eigenvalue weighted by Crippen LogP contribution is 2.18. The standard InChI is InChI=1S/C14H27N3O3/c1-14(2,19)10-16-4-6-17(7-5-16)13(18)11-8-20-9-12(11)15-3/h11-12,15,19H,4-10H2,1-3H3. The summed E-state index contributed by atoms with van der Waals surface area (Å²) in [6, 6.07) is 0.136. The quantitative estimate of drug-likeness (QED) is 0.703. The fourth-order valence-electron chi connectivity index (χ4n) is 2.99. The van der Waals surface area contributed by atoms with Gasteiger partial charge < -0.3 is 20.1 Å². The zero-order valence-electron chi connectivity index (χ0n) is 12.8. The Labute approximate surface area is 121 Å². The molecule has 2 unspecified atom stereocenters. The van der Waals surface area contributed by atoms with Crippen molar-refractivity contribution in [3.05, 3.63) is 0 Å². The van der Waals surface area contributed by atoms with E-state index in [4.69, 9.17) is 4.74 Å². The Morgan fingerprint density at radius 1 is 1.30 bits per heavy atom. The molecule has 2 aliphatic rings. The van der Waals surface area contributed by atoms with Crippen LogP contribution in [0.3, 0.4) is 0 Å². The molecule has 20 heavy (non-hydrogen) atoms. The van der Waals surface area contributed by atoms with Crippen LogP contribution in [0.2, 0.25) is 0 Å². The third kappa shape index (κ3) is 3.91. The maximum atomic E-state index is 12.5. The largest absolute Gasteiger partial charge is 0.389 e. The highest BCUT2D eigenvalue weighted by atomic mass is 16.5. The highest BCUT2D eigenvalue weighted by Gasteiger charge is 2.36. The van der Waals surface area contributed by atoms with Crippen LogP contribution in [0, 0.1) is 5.92 Å². The van der Waals surface area contributed by atoms with Crippen molar-refractivity contribution in [2.75, 3.05) is 53.0 Å². The summed E-state index contributed by atoms with van der Waals surface area (Å²) in [6.45, 7) is 8.56. The van der Waals surface area contributed by atoms with Gasteiger partial charge >= 0.3 is 0 Å². The molecular formula is C14H27N3O3. The van der Waals surface area contributed by atoms with Crippen molar-refractivity contribution >= 4 is 5.91 Å². The molecule has 2 aliphatic heterocycles. The van der Waals surface area contributed by atoms with Gasteiger partial charge in [-0.2, -0.15) is 0 Å². The van der Waals surface area contributed by atoms with Crippen molar-refractivity contribution in [2.45, 2.75) is 25.5 Å². The number of amides is 1. The van der Waals surface area contributed by atoms with Crippen molar-refractivity contribution < 1.29 is 14.6 Å². The molecule has 116 valence electrons. The first-order valence-electron chi connectivity index (χ1n) is 7.39. The first-order valence-corrected chi connectivity index (χ1v) is 7.39. The number of carbonyl (C=O) groups is 1. The van der Waals surface area contributed by atoms with Crippen LogP contribution < -0.4 is 5.32 Å². The Balaban J connectivity index is 1.83. The topological polar surface area (TPSA) is 65.0 Å². The second-order valence-corrected chi connectivity index (χ2v) is 6.45. The van der Waals surface area contributed by atoms with E-state index in [1.807, 2.05) is 25.8 Å². The SMILES string of the molecule is CNC1COCC1C(=O)N1CCN(CC(C)(C)O)CC1. The predicted octanol–water partition coefficient (Wildman–Crippen LogP) is -0.864. The number of likely N-dealkylation sites (N-methyl/N-ethyl adjacent to an activating group) is 1. The van der Waals surface area contributed by atoms with Gasteiger partial charge in [0.25, 0.3) is 0 Å². The van der Waals surface area contributed by atoms with E-state index in [1.54, 1.807) is 0 Å². The molecule has 2 rings (SSSR count). The molecule has 0 aromatic carbocycles. The summed E-state index contributed by atoms with van der Waals surface area (Å²) in [7, 11) is 1.88. The zero-order chi connectivity index (χ0) is 14.8. The molecule has 0 spiro atoms. The van der Waals surface area contributed by atoms with E-state index in [9.17, 15) is 9.90 Å². The number of aliphatic hydroxyl groups is 1. The van der Waals surface area contributed by atoms with E-state index >= 15 is 0 Å². The number of β-amino-alcohol motifs (C(OH)–C–C–N with tert-alkyl or cyclic N) is 1. The third-order valence-corrected chi connectivity index (χ3v) is 4.06. The molecule has 2 fully saturated rings. The minimum atomic E-state index is -0.678. The average Bonchev–Trinajstić information content (AvgIpc) is 2.85. The molecule has 0 radical (unpaired) electrons.